The van der Waals surface area contributed by atoms with Gasteiger partial charge in [-0.25, -0.2) is 0 Å². The number of likely N-dealkylation sites (tertiary alicyclic amines) is 1. The number of carbonyl (C=O) groups is 3. The van der Waals surface area contributed by atoms with Crippen molar-refractivity contribution < 1.29 is 23.5 Å². The Labute approximate surface area is 217 Å². The summed E-state index contributed by atoms with van der Waals surface area (Å²) in [5, 5.41) is 8.28. The number of benzene rings is 2. The summed E-state index contributed by atoms with van der Waals surface area (Å²) in [5.41, 5.74) is 1.57. The number of hydrogen-bond donors (Lipinski definition) is 1. The van der Waals surface area contributed by atoms with Crippen molar-refractivity contribution in [2.24, 2.45) is 7.05 Å². The van der Waals surface area contributed by atoms with Crippen LogP contribution >= 0.6 is 0 Å². The molecule has 4 aromatic rings. The molecule has 0 bridgehead atoms. The van der Waals surface area contributed by atoms with Gasteiger partial charge in [-0.3, -0.25) is 29.2 Å². The molecule has 0 spiro atoms. The maximum Gasteiger partial charge on any atom is 0.289 e. The lowest BCUT2D eigenvalue weighted by atomic mass is 9.93. The van der Waals surface area contributed by atoms with Gasteiger partial charge in [0.1, 0.15) is 23.0 Å². The number of para-hydroxylation sites is 2. The molecule has 10 heteroatoms. The van der Waals surface area contributed by atoms with Crippen LogP contribution in [0.2, 0.25) is 0 Å². The van der Waals surface area contributed by atoms with Gasteiger partial charge < -0.3 is 14.1 Å². The Morgan fingerprint density at radius 3 is 2.58 bits per heavy atom. The summed E-state index contributed by atoms with van der Waals surface area (Å²) in [6.45, 7) is 0.922. The molecule has 2 saturated heterocycles. The van der Waals surface area contributed by atoms with E-state index in [1.807, 2.05) is 25.2 Å². The lowest BCUT2D eigenvalue weighted by Crippen LogP contribution is -2.42. The third kappa shape index (κ3) is 4.21. The lowest BCUT2D eigenvalue weighted by Gasteiger charge is -2.32. The molecule has 4 heterocycles. The van der Waals surface area contributed by atoms with E-state index in [4.69, 9.17) is 9.15 Å². The SMILES string of the molecule is Cn1nc(C2CCC(=O)NC2=O)c2cccc(OC3CCN(C(=O)c4cc(=O)c5ccccc5o4)CC3)c21. The second-order valence-corrected chi connectivity index (χ2v) is 9.75. The highest BCUT2D eigenvalue weighted by Crippen LogP contribution is 2.35. The van der Waals surface area contributed by atoms with Crippen LogP contribution in [0, 0.1) is 0 Å². The molecule has 194 valence electrons. The van der Waals surface area contributed by atoms with Gasteiger partial charge in [-0.05, 0) is 24.6 Å². The van der Waals surface area contributed by atoms with Gasteiger partial charge in [0.2, 0.25) is 11.8 Å². The highest BCUT2D eigenvalue weighted by Gasteiger charge is 2.33. The summed E-state index contributed by atoms with van der Waals surface area (Å²) < 4.78 is 13.8. The molecule has 0 saturated carbocycles. The molecule has 0 radical (unpaired) electrons. The zero-order valence-electron chi connectivity index (χ0n) is 20.8. The van der Waals surface area contributed by atoms with Crippen LogP contribution in [-0.4, -0.2) is 51.6 Å². The third-order valence-electron chi connectivity index (χ3n) is 7.29. The molecular formula is C28H26N4O6. The second kappa shape index (κ2) is 9.44. The molecule has 2 aromatic heterocycles. The average Bonchev–Trinajstić information content (AvgIpc) is 3.25. The van der Waals surface area contributed by atoms with Crippen LogP contribution < -0.4 is 15.5 Å². The molecular weight excluding hydrogens is 488 g/mol. The van der Waals surface area contributed by atoms with Crippen LogP contribution in [0.3, 0.4) is 0 Å². The average molecular weight is 515 g/mol. The molecule has 2 fully saturated rings. The Hall–Kier alpha value is -4.47. The standard InChI is InChI=1S/C28H26N4O6/c1-31-26-18(25(30-31)19-9-10-24(34)29-27(19)35)6-4-8-22(26)37-16-11-13-32(14-12-16)28(36)23-15-20(33)17-5-2-3-7-21(17)38-23/h2-8,15-16,19H,9-14H2,1H3,(H,29,34,35). The fourth-order valence-electron chi connectivity index (χ4n) is 5.36. The summed E-state index contributed by atoms with van der Waals surface area (Å²) >= 11 is 0. The van der Waals surface area contributed by atoms with Gasteiger partial charge >= 0.3 is 0 Å². The minimum absolute atomic E-state index is 0.0358. The number of ether oxygens (including phenoxy) is 1. The summed E-state index contributed by atoms with van der Waals surface area (Å²) in [7, 11) is 1.81. The molecule has 2 aliphatic rings. The van der Waals surface area contributed by atoms with Crippen molar-refractivity contribution in [1.29, 1.82) is 0 Å². The van der Waals surface area contributed by atoms with E-state index in [1.165, 1.54) is 6.07 Å². The Kier molecular flexibility index (Phi) is 5.94. The molecule has 1 N–H and O–H groups in total. The van der Waals surface area contributed by atoms with E-state index in [2.05, 4.69) is 10.4 Å². The number of piperidine rings is 2. The van der Waals surface area contributed by atoms with Crippen molar-refractivity contribution in [2.45, 2.75) is 37.7 Å². The lowest BCUT2D eigenvalue weighted by molar-refractivity contribution is -0.134. The first-order chi connectivity index (χ1) is 18.4. The number of aromatic nitrogens is 2. The Morgan fingerprint density at radius 2 is 1.79 bits per heavy atom. The zero-order valence-corrected chi connectivity index (χ0v) is 20.8. The number of rotatable bonds is 4. The molecule has 2 aromatic carbocycles. The van der Waals surface area contributed by atoms with E-state index in [0.717, 1.165) is 10.9 Å². The first-order valence-electron chi connectivity index (χ1n) is 12.7. The predicted molar refractivity (Wildman–Crippen MR) is 138 cm³/mol. The van der Waals surface area contributed by atoms with E-state index in [9.17, 15) is 19.2 Å². The van der Waals surface area contributed by atoms with E-state index in [-0.39, 0.29) is 41.4 Å². The molecule has 6 rings (SSSR count). The maximum atomic E-state index is 13.1. The molecule has 0 aliphatic carbocycles. The first-order valence-corrected chi connectivity index (χ1v) is 12.7. The number of nitrogens with one attached hydrogen (secondary N) is 1. The van der Waals surface area contributed by atoms with Gasteiger partial charge in [0, 0.05) is 50.9 Å². The Bertz CT molecular complexity index is 1650. The Balaban J connectivity index is 1.17. The quantitative estimate of drug-likeness (QED) is 0.415. The van der Waals surface area contributed by atoms with Crippen LogP contribution in [0.1, 0.15) is 47.8 Å². The number of hydrogen-bond acceptors (Lipinski definition) is 7. The smallest absolute Gasteiger partial charge is 0.289 e. The maximum absolute atomic E-state index is 13.1. The van der Waals surface area contributed by atoms with Gasteiger partial charge in [-0.15, -0.1) is 0 Å². The minimum atomic E-state index is -0.490. The number of fused-ring (bicyclic) bond motifs is 2. The van der Waals surface area contributed by atoms with Gasteiger partial charge in [0.25, 0.3) is 5.91 Å². The number of nitrogens with zero attached hydrogens (tertiary/aromatic N) is 3. The van der Waals surface area contributed by atoms with Crippen LogP contribution in [0.5, 0.6) is 5.75 Å². The molecule has 1 unspecified atom stereocenters. The van der Waals surface area contributed by atoms with Crippen LogP contribution in [-0.2, 0) is 16.6 Å². The number of carbonyl (C=O) groups excluding carboxylic acids is 3. The summed E-state index contributed by atoms with van der Waals surface area (Å²) in [6.07, 6.45) is 1.80. The van der Waals surface area contributed by atoms with Crippen molar-refractivity contribution in [1.82, 2.24) is 20.0 Å². The van der Waals surface area contributed by atoms with Crippen molar-refractivity contribution >= 4 is 39.6 Å². The first kappa shape index (κ1) is 23.9. The van der Waals surface area contributed by atoms with Crippen molar-refractivity contribution in [3.63, 3.8) is 0 Å². The monoisotopic (exact) mass is 514 g/mol. The topological polar surface area (TPSA) is 124 Å². The highest BCUT2D eigenvalue weighted by atomic mass is 16.5. The number of imide groups is 1. The van der Waals surface area contributed by atoms with Crippen molar-refractivity contribution in [2.75, 3.05) is 13.1 Å². The number of amides is 3. The fraction of sp³-hybridized carbons (Fsp3) is 0.321. The minimum Gasteiger partial charge on any atom is -0.488 e. The van der Waals surface area contributed by atoms with Crippen molar-refractivity contribution in [3.8, 4) is 5.75 Å². The van der Waals surface area contributed by atoms with E-state index < -0.39 is 5.92 Å². The van der Waals surface area contributed by atoms with Gasteiger partial charge in [0.15, 0.2) is 11.2 Å². The summed E-state index contributed by atoms with van der Waals surface area (Å²) in [5.74, 6) is -0.699. The number of aryl methyl sites for hydroxylation is 1. The van der Waals surface area contributed by atoms with Gasteiger partial charge in [-0.1, -0.05) is 24.3 Å². The second-order valence-electron chi connectivity index (χ2n) is 9.75. The van der Waals surface area contributed by atoms with E-state index in [0.29, 0.717) is 54.8 Å². The largest absolute Gasteiger partial charge is 0.488 e. The molecule has 2 aliphatic heterocycles. The molecule has 1 atom stereocenters. The molecule has 38 heavy (non-hydrogen) atoms. The van der Waals surface area contributed by atoms with Gasteiger partial charge in [-0.2, -0.15) is 5.10 Å². The highest BCUT2D eigenvalue weighted by molar-refractivity contribution is 6.03. The van der Waals surface area contributed by atoms with E-state index >= 15 is 0 Å². The van der Waals surface area contributed by atoms with Crippen LogP contribution in [0.25, 0.3) is 21.9 Å². The third-order valence-corrected chi connectivity index (χ3v) is 7.29. The summed E-state index contributed by atoms with van der Waals surface area (Å²) in [4.78, 5) is 51.2. The van der Waals surface area contributed by atoms with Crippen LogP contribution in [0.4, 0.5) is 0 Å². The fourth-order valence-corrected chi connectivity index (χ4v) is 5.36. The normalized spacial score (nSPS) is 18.7. The zero-order chi connectivity index (χ0) is 26.4. The van der Waals surface area contributed by atoms with E-state index in [1.54, 1.807) is 33.8 Å². The predicted octanol–water partition coefficient (Wildman–Crippen LogP) is 2.88. The van der Waals surface area contributed by atoms with Gasteiger partial charge in [0.05, 0.1) is 17.0 Å². The Morgan fingerprint density at radius 1 is 1.03 bits per heavy atom. The van der Waals surface area contributed by atoms with Crippen LogP contribution in [0.15, 0.2) is 57.7 Å². The molecule has 10 nitrogen and oxygen atoms in total. The van der Waals surface area contributed by atoms with Crippen molar-refractivity contribution in [3.05, 3.63) is 70.2 Å². The summed E-state index contributed by atoms with van der Waals surface area (Å²) in [6, 6.07) is 13.8. The molecule has 3 amide bonds.